The molecule has 2 aliphatic rings. The van der Waals surface area contributed by atoms with E-state index in [4.69, 9.17) is 31.7 Å². The second kappa shape index (κ2) is 9.76. The van der Waals surface area contributed by atoms with Crippen LogP contribution in [0.15, 0.2) is 42.1 Å². The Kier molecular flexibility index (Phi) is 7.09. The van der Waals surface area contributed by atoms with Crippen LogP contribution in [0, 0.1) is 17.2 Å². The Balaban J connectivity index is 1.60. The van der Waals surface area contributed by atoms with Crippen molar-refractivity contribution in [3.8, 4) is 5.75 Å². The number of carbonyl (C=O) groups excluding carboxylic acids is 3. The van der Waals surface area contributed by atoms with Crippen molar-refractivity contribution in [3.05, 3.63) is 52.7 Å². The first-order valence-corrected chi connectivity index (χ1v) is 9.99. The predicted octanol–water partition coefficient (Wildman–Crippen LogP) is 1.99. The molecule has 1 heterocycles. The number of fused-ring (bicyclic) bond motifs is 1. The number of allylic oxidation sites excluding steroid dienone is 1. The molecule has 3 N–H and O–H groups in total. The number of rotatable bonds is 8. The summed E-state index contributed by atoms with van der Waals surface area (Å²) in [4.78, 5) is 38.4. The van der Waals surface area contributed by atoms with Crippen molar-refractivity contribution in [1.29, 1.82) is 5.41 Å². The minimum atomic E-state index is -0.830. The van der Waals surface area contributed by atoms with E-state index in [1.807, 2.05) is 0 Å². The van der Waals surface area contributed by atoms with Gasteiger partial charge in [-0.1, -0.05) is 23.8 Å². The molecule has 0 aromatic heterocycles. The summed E-state index contributed by atoms with van der Waals surface area (Å²) in [6, 6.07) is 4.54. The predicted molar refractivity (Wildman–Crippen MR) is 111 cm³/mol. The summed E-state index contributed by atoms with van der Waals surface area (Å²) < 4.78 is 10.1. The Hall–Kier alpha value is -3.17. The zero-order chi connectivity index (χ0) is 22.5. The zero-order valence-electron chi connectivity index (χ0n) is 16.8. The fourth-order valence-corrected chi connectivity index (χ4v) is 3.69. The molecule has 10 heteroatoms. The van der Waals surface area contributed by atoms with E-state index in [-0.39, 0.29) is 47.9 Å². The third-order valence-electron chi connectivity index (χ3n) is 4.97. The number of nitrogens with one attached hydrogen (secondary N) is 2. The highest BCUT2D eigenvalue weighted by atomic mass is 35.5. The van der Waals surface area contributed by atoms with E-state index in [1.54, 1.807) is 41.7 Å². The molecule has 0 fully saturated rings. The van der Waals surface area contributed by atoms with Crippen molar-refractivity contribution < 1.29 is 29.1 Å². The van der Waals surface area contributed by atoms with E-state index < -0.39 is 17.8 Å². The topological polar surface area (TPSA) is 129 Å². The number of Topliss-reactive ketones (excluding diaryl/α,β-unsaturated/α-hetero) is 2. The third-order valence-corrected chi connectivity index (χ3v) is 5.26. The van der Waals surface area contributed by atoms with Gasteiger partial charge in [0.25, 0.3) is 0 Å². The van der Waals surface area contributed by atoms with Gasteiger partial charge in [0.1, 0.15) is 11.6 Å². The van der Waals surface area contributed by atoms with Crippen LogP contribution in [-0.2, 0) is 14.3 Å². The standard InChI is InChI=1S/C21H22ClN3O6/c1-2-30-19(27)11-31-18-6-4-12(7-16(18)22)17(26)10-25-8-13-3-5-14(21(23)24-29)20(28)15(13)9-25/h3-8,14-15,29H,2,9-11H2,1H3,(H2,23,24). The Labute approximate surface area is 183 Å². The summed E-state index contributed by atoms with van der Waals surface area (Å²) in [5.74, 6) is -2.23. The van der Waals surface area contributed by atoms with Crippen LogP contribution in [0.25, 0.3) is 0 Å². The molecule has 9 nitrogen and oxygen atoms in total. The fourth-order valence-electron chi connectivity index (χ4n) is 3.45. The maximum absolute atomic E-state index is 12.7. The Bertz CT molecular complexity index is 974. The summed E-state index contributed by atoms with van der Waals surface area (Å²) in [6.45, 7) is 2.02. The smallest absolute Gasteiger partial charge is 0.344 e. The van der Waals surface area contributed by atoms with Crippen molar-refractivity contribution in [3.63, 3.8) is 0 Å². The van der Waals surface area contributed by atoms with Crippen LogP contribution in [-0.4, -0.2) is 59.8 Å². The molecule has 164 valence electrons. The molecule has 1 aliphatic carbocycles. The molecule has 1 aromatic rings. The van der Waals surface area contributed by atoms with E-state index in [0.717, 1.165) is 5.57 Å². The van der Waals surface area contributed by atoms with Crippen molar-refractivity contribution in [1.82, 2.24) is 10.4 Å². The van der Waals surface area contributed by atoms with Crippen LogP contribution in [0.5, 0.6) is 5.75 Å². The molecule has 2 atom stereocenters. The largest absolute Gasteiger partial charge is 0.480 e. The van der Waals surface area contributed by atoms with Crippen LogP contribution in [0.3, 0.4) is 0 Å². The molecule has 0 saturated heterocycles. The maximum atomic E-state index is 12.7. The van der Waals surface area contributed by atoms with Gasteiger partial charge in [-0.2, -0.15) is 0 Å². The van der Waals surface area contributed by atoms with Gasteiger partial charge in [-0.15, -0.1) is 0 Å². The number of benzene rings is 1. The number of ether oxygens (including phenoxy) is 2. The molecule has 1 aromatic carbocycles. The molecule has 0 bridgehead atoms. The minimum absolute atomic E-state index is 0.0425. The van der Waals surface area contributed by atoms with Crippen molar-refractivity contribution in [2.24, 2.45) is 11.8 Å². The first-order chi connectivity index (χ1) is 14.8. The van der Waals surface area contributed by atoms with Gasteiger partial charge in [0.2, 0.25) is 0 Å². The molecule has 2 unspecified atom stereocenters. The number of carbonyl (C=O) groups is 3. The number of esters is 1. The number of halogens is 1. The Morgan fingerprint density at radius 3 is 2.84 bits per heavy atom. The fraction of sp³-hybridized carbons (Fsp3) is 0.333. The summed E-state index contributed by atoms with van der Waals surface area (Å²) >= 11 is 6.17. The molecule has 1 aliphatic heterocycles. The summed E-state index contributed by atoms with van der Waals surface area (Å²) in [5, 5.41) is 16.7. The van der Waals surface area contributed by atoms with Crippen molar-refractivity contribution >= 4 is 35.0 Å². The lowest BCUT2D eigenvalue weighted by molar-refractivity contribution is -0.145. The normalized spacial score (nSPS) is 19.5. The number of hydrogen-bond donors (Lipinski definition) is 3. The van der Waals surface area contributed by atoms with Gasteiger partial charge in [0, 0.05) is 18.3 Å². The van der Waals surface area contributed by atoms with Crippen molar-refractivity contribution in [2.75, 3.05) is 26.3 Å². The van der Waals surface area contributed by atoms with Crippen LogP contribution < -0.4 is 10.2 Å². The van der Waals surface area contributed by atoms with Crippen LogP contribution in [0.1, 0.15) is 17.3 Å². The van der Waals surface area contributed by atoms with E-state index in [0.29, 0.717) is 12.1 Å². The molecule has 31 heavy (non-hydrogen) atoms. The second-order valence-electron chi connectivity index (χ2n) is 7.04. The molecule has 0 amide bonds. The Morgan fingerprint density at radius 1 is 1.39 bits per heavy atom. The van der Waals surface area contributed by atoms with Gasteiger partial charge in [-0.25, -0.2) is 4.79 Å². The summed E-state index contributed by atoms with van der Waals surface area (Å²) in [6.07, 6.45) is 5.04. The van der Waals surface area contributed by atoms with Crippen LogP contribution in [0.4, 0.5) is 0 Å². The van der Waals surface area contributed by atoms with E-state index in [2.05, 4.69) is 0 Å². The SMILES string of the molecule is CCOC(=O)COc1ccc(C(=O)CN2C=C3C=CC(C(=N)NO)C(=O)C3C2)cc1Cl. The zero-order valence-corrected chi connectivity index (χ0v) is 17.5. The highest BCUT2D eigenvalue weighted by Gasteiger charge is 2.38. The van der Waals surface area contributed by atoms with Gasteiger partial charge in [0.05, 0.1) is 30.0 Å². The van der Waals surface area contributed by atoms with Crippen molar-refractivity contribution in [2.45, 2.75) is 6.92 Å². The average molecular weight is 448 g/mol. The van der Waals surface area contributed by atoms with Gasteiger partial charge >= 0.3 is 5.97 Å². The maximum Gasteiger partial charge on any atom is 0.344 e. The lowest BCUT2D eigenvalue weighted by Crippen LogP contribution is -2.39. The van der Waals surface area contributed by atoms with Gasteiger partial charge in [-0.3, -0.25) is 25.7 Å². The molecule has 0 radical (unpaired) electrons. The quantitative estimate of drug-likeness (QED) is 0.181. The molecule has 0 spiro atoms. The lowest BCUT2D eigenvalue weighted by Gasteiger charge is -2.23. The molecule has 3 rings (SSSR count). The number of ketones is 2. The number of hydrogen-bond acceptors (Lipinski definition) is 8. The summed E-state index contributed by atoms with van der Waals surface area (Å²) in [7, 11) is 0. The molecular weight excluding hydrogens is 426 g/mol. The van der Waals surface area contributed by atoms with E-state index in [9.17, 15) is 14.4 Å². The molecular formula is C21H22ClN3O6. The van der Waals surface area contributed by atoms with E-state index in [1.165, 1.54) is 12.1 Å². The second-order valence-corrected chi connectivity index (χ2v) is 7.45. The highest BCUT2D eigenvalue weighted by Crippen LogP contribution is 2.31. The summed E-state index contributed by atoms with van der Waals surface area (Å²) in [5.41, 5.74) is 2.85. The minimum Gasteiger partial charge on any atom is -0.480 e. The van der Waals surface area contributed by atoms with Gasteiger partial charge < -0.3 is 14.4 Å². The van der Waals surface area contributed by atoms with Crippen LogP contribution >= 0.6 is 11.6 Å². The monoisotopic (exact) mass is 447 g/mol. The third kappa shape index (κ3) is 5.12. The van der Waals surface area contributed by atoms with Gasteiger partial charge in [-0.05, 0) is 30.7 Å². The first kappa shape index (κ1) is 22.5. The highest BCUT2D eigenvalue weighted by molar-refractivity contribution is 6.32. The first-order valence-electron chi connectivity index (χ1n) is 9.61. The average Bonchev–Trinajstić information content (AvgIpc) is 3.16. The van der Waals surface area contributed by atoms with Gasteiger partial charge in [0.15, 0.2) is 18.2 Å². The van der Waals surface area contributed by atoms with E-state index >= 15 is 0 Å². The number of hydroxylamine groups is 1. The van der Waals surface area contributed by atoms with Crippen LogP contribution in [0.2, 0.25) is 5.02 Å². The Morgan fingerprint density at radius 2 is 2.16 bits per heavy atom. The lowest BCUT2D eigenvalue weighted by atomic mass is 9.83. The molecule has 0 saturated carbocycles. The number of nitrogens with zero attached hydrogens (tertiary/aromatic N) is 1. The number of amidine groups is 1.